The zero-order valence-electron chi connectivity index (χ0n) is 19.5. The Morgan fingerprint density at radius 1 is 1.03 bits per heavy atom. The van der Waals surface area contributed by atoms with E-state index in [9.17, 15) is 14.4 Å². The van der Waals surface area contributed by atoms with Crippen molar-refractivity contribution in [2.45, 2.75) is 44.9 Å². The van der Waals surface area contributed by atoms with Gasteiger partial charge in [-0.05, 0) is 47.9 Å². The lowest BCUT2D eigenvalue weighted by atomic mass is 9.68. The lowest BCUT2D eigenvalue weighted by Gasteiger charge is -2.40. The van der Waals surface area contributed by atoms with E-state index in [0.717, 1.165) is 17.5 Å². The summed E-state index contributed by atoms with van der Waals surface area (Å²) in [5.74, 6) is -1.34. The Balaban J connectivity index is 1.27. The molecule has 4 rings (SSSR count). The lowest BCUT2D eigenvalue weighted by Crippen LogP contribution is -2.52. The minimum atomic E-state index is -0.825. The summed E-state index contributed by atoms with van der Waals surface area (Å²) in [6, 6.07) is 16.4. The number of carboxylic acids is 1. The molecule has 0 heterocycles. The van der Waals surface area contributed by atoms with E-state index < -0.39 is 23.4 Å². The first-order valence-electron chi connectivity index (χ1n) is 12.0. The third kappa shape index (κ3) is 4.93. The van der Waals surface area contributed by atoms with Crippen LogP contribution in [-0.2, 0) is 14.3 Å². The zero-order chi connectivity index (χ0) is 24.1. The highest BCUT2D eigenvalue weighted by Gasteiger charge is 2.44. The van der Waals surface area contributed by atoms with Crippen LogP contribution in [0.25, 0.3) is 11.1 Å². The maximum absolute atomic E-state index is 12.8. The van der Waals surface area contributed by atoms with Gasteiger partial charge in [-0.2, -0.15) is 0 Å². The lowest BCUT2D eigenvalue weighted by molar-refractivity contribution is -0.141. The van der Waals surface area contributed by atoms with Crippen LogP contribution in [0.4, 0.5) is 4.79 Å². The van der Waals surface area contributed by atoms with Gasteiger partial charge in [-0.1, -0.05) is 61.9 Å². The number of nitrogens with one attached hydrogen (secondary N) is 2. The fraction of sp³-hybridized carbons (Fsp3) is 0.444. The van der Waals surface area contributed by atoms with E-state index in [2.05, 4.69) is 34.9 Å². The molecular formula is C27H32N2O5. The number of hydrogen-bond donors (Lipinski definition) is 3. The van der Waals surface area contributed by atoms with Crippen LogP contribution in [0.2, 0.25) is 0 Å². The molecule has 2 amide bonds. The average Bonchev–Trinajstić information content (AvgIpc) is 3.13. The summed E-state index contributed by atoms with van der Waals surface area (Å²) < 4.78 is 5.59. The van der Waals surface area contributed by atoms with Gasteiger partial charge in [0.1, 0.15) is 6.61 Å². The van der Waals surface area contributed by atoms with Gasteiger partial charge in [-0.3, -0.25) is 9.59 Å². The second-order valence-corrected chi connectivity index (χ2v) is 9.45. The highest BCUT2D eigenvalue weighted by molar-refractivity contribution is 5.84. The number of rotatable bonds is 10. The van der Waals surface area contributed by atoms with Crippen LogP contribution >= 0.6 is 0 Å². The van der Waals surface area contributed by atoms with Gasteiger partial charge in [-0.15, -0.1) is 0 Å². The molecule has 1 saturated carbocycles. The summed E-state index contributed by atoms with van der Waals surface area (Å²) in [6.07, 6.45) is 2.98. The summed E-state index contributed by atoms with van der Waals surface area (Å²) in [5.41, 5.74) is 4.06. The smallest absolute Gasteiger partial charge is 0.407 e. The predicted octanol–water partition coefficient (Wildman–Crippen LogP) is 4.31. The van der Waals surface area contributed by atoms with Gasteiger partial charge in [0.05, 0.1) is 11.3 Å². The Morgan fingerprint density at radius 3 is 2.21 bits per heavy atom. The van der Waals surface area contributed by atoms with Crippen molar-refractivity contribution in [3.63, 3.8) is 0 Å². The van der Waals surface area contributed by atoms with Crippen LogP contribution in [0.5, 0.6) is 0 Å². The molecule has 7 nitrogen and oxygen atoms in total. The standard InChI is InChI=1S/C27H32N2O5/c1-18(24(30)31)8-6-15-28-25(32)27(13-7-14-27)17-29-26(33)34-16-23-21-11-4-2-9-19(21)20-10-3-5-12-22(20)23/h2-5,9-12,18,23H,6-8,13-17H2,1H3,(H,28,32)(H,29,33)(H,30,31). The Bertz CT molecular complexity index is 1020. The summed E-state index contributed by atoms with van der Waals surface area (Å²) in [6.45, 7) is 2.57. The van der Waals surface area contributed by atoms with Crippen LogP contribution in [0, 0.1) is 11.3 Å². The molecule has 1 fully saturated rings. The number of benzene rings is 2. The molecule has 0 aromatic heterocycles. The number of alkyl carbamates (subject to hydrolysis) is 1. The Labute approximate surface area is 199 Å². The second-order valence-electron chi connectivity index (χ2n) is 9.45. The molecule has 2 aromatic carbocycles. The van der Waals surface area contributed by atoms with Gasteiger partial charge in [0.25, 0.3) is 0 Å². The Hall–Kier alpha value is -3.35. The third-order valence-corrected chi connectivity index (χ3v) is 7.23. The molecule has 34 heavy (non-hydrogen) atoms. The molecule has 180 valence electrons. The van der Waals surface area contributed by atoms with Crippen molar-refractivity contribution in [1.82, 2.24) is 10.6 Å². The molecule has 7 heteroatoms. The van der Waals surface area contributed by atoms with Crippen molar-refractivity contribution < 1.29 is 24.2 Å². The zero-order valence-corrected chi connectivity index (χ0v) is 19.5. The van der Waals surface area contributed by atoms with E-state index in [-0.39, 0.29) is 25.0 Å². The highest BCUT2D eigenvalue weighted by atomic mass is 16.5. The van der Waals surface area contributed by atoms with E-state index >= 15 is 0 Å². The molecular weight excluding hydrogens is 432 g/mol. The van der Waals surface area contributed by atoms with Crippen LogP contribution < -0.4 is 10.6 Å². The molecule has 2 aliphatic carbocycles. The predicted molar refractivity (Wildman–Crippen MR) is 128 cm³/mol. The summed E-state index contributed by atoms with van der Waals surface area (Å²) in [4.78, 5) is 36.2. The number of carboxylic acid groups (broad SMARTS) is 1. The number of carbonyl (C=O) groups is 3. The topological polar surface area (TPSA) is 105 Å². The van der Waals surface area contributed by atoms with E-state index in [1.54, 1.807) is 6.92 Å². The first kappa shape index (κ1) is 23.8. The summed E-state index contributed by atoms with van der Waals surface area (Å²) in [7, 11) is 0. The quantitative estimate of drug-likeness (QED) is 0.455. The molecule has 0 spiro atoms. The monoisotopic (exact) mass is 464 g/mol. The average molecular weight is 465 g/mol. The maximum atomic E-state index is 12.8. The summed E-state index contributed by atoms with van der Waals surface area (Å²) >= 11 is 0. The van der Waals surface area contributed by atoms with Crippen molar-refractivity contribution in [3.05, 3.63) is 59.7 Å². The van der Waals surface area contributed by atoms with Crippen molar-refractivity contribution in [2.75, 3.05) is 19.7 Å². The fourth-order valence-electron chi connectivity index (χ4n) is 4.90. The van der Waals surface area contributed by atoms with Gasteiger partial charge in [-0.25, -0.2) is 4.79 Å². The van der Waals surface area contributed by atoms with E-state index in [1.165, 1.54) is 11.1 Å². The van der Waals surface area contributed by atoms with Gasteiger partial charge in [0.15, 0.2) is 0 Å². The maximum Gasteiger partial charge on any atom is 0.407 e. The van der Waals surface area contributed by atoms with E-state index in [0.29, 0.717) is 32.2 Å². The minimum Gasteiger partial charge on any atom is -0.481 e. The molecule has 1 unspecified atom stereocenters. The second kappa shape index (κ2) is 10.3. The summed E-state index contributed by atoms with van der Waals surface area (Å²) in [5, 5.41) is 14.7. The SMILES string of the molecule is CC(CCCNC(=O)C1(CNC(=O)OCC2c3ccccc3-c3ccccc32)CCC1)C(=O)O. The fourth-order valence-corrected chi connectivity index (χ4v) is 4.90. The number of fused-ring (bicyclic) bond motifs is 3. The van der Waals surface area contributed by atoms with Gasteiger partial charge < -0.3 is 20.5 Å². The molecule has 0 aliphatic heterocycles. The first-order chi connectivity index (χ1) is 16.4. The third-order valence-electron chi connectivity index (χ3n) is 7.23. The normalized spacial score (nSPS) is 16.5. The van der Waals surface area contributed by atoms with Gasteiger partial charge in [0, 0.05) is 19.0 Å². The van der Waals surface area contributed by atoms with Crippen LogP contribution in [-0.4, -0.2) is 42.8 Å². The molecule has 0 saturated heterocycles. The molecule has 2 aliphatic rings. The number of hydrogen-bond acceptors (Lipinski definition) is 4. The number of ether oxygens (including phenoxy) is 1. The number of carbonyl (C=O) groups excluding carboxylic acids is 2. The number of amides is 2. The van der Waals surface area contributed by atoms with Crippen molar-refractivity contribution in [1.29, 1.82) is 0 Å². The molecule has 2 aromatic rings. The molecule has 3 N–H and O–H groups in total. The van der Waals surface area contributed by atoms with E-state index in [4.69, 9.17) is 9.84 Å². The number of aliphatic carboxylic acids is 1. The van der Waals surface area contributed by atoms with Crippen molar-refractivity contribution >= 4 is 18.0 Å². The van der Waals surface area contributed by atoms with E-state index in [1.807, 2.05) is 24.3 Å². The largest absolute Gasteiger partial charge is 0.481 e. The van der Waals surface area contributed by atoms with Gasteiger partial charge >= 0.3 is 12.1 Å². The van der Waals surface area contributed by atoms with Crippen LogP contribution in [0.3, 0.4) is 0 Å². The van der Waals surface area contributed by atoms with Crippen LogP contribution in [0.1, 0.15) is 56.1 Å². The molecule has 1 atom stereocenters. The minimum absolute atomic E-state index is 0.00712. The van der Waals surface area contributed by atoms with Gasteiger partial charge in [0.2, 0.25) is 5.91 Å². The van der Waals surface area contributed by atoms with Crippen molar-refractivity contribution in [2.24, 2.45) is 11.3 Å². The highest BCUT2D eigenvalue weighted by Crippen LogP contribution is 2.44. The first-order valence-corrected chi connectivity index (χ1v) is 12.0. The van der Waals surface area contributed by atoms with Crippen LogP contribution in [0.15, 0.2) is 48.5 Å². The molecule has 0 radical (unpaired) electrons. The Morgan fingerprint density at radius 2 is 1.65 bits per heavy atom. The Kier molecular flexibility index (Phi) is 7.20. The van der Waals surface area contributed by atoms with Crippen molar-refractivity contribution in [3.8, 4) is 11.1 Å². The molecule has 0 bridgehead atoms.